The Kier molecular flexibility index (Phi) is 7.43. The zero-order chi connectivity index (χ0) is 32.5. The number of hydrogen-bond donors (Lipinski definition) is 1. The van der Waals surface area contributed by atoms with E-state index in [1.54, 1.807) is 19.0 Å². The number of alkyl halides is 1. The standard InChI is InChI=1S/C35H45FN8O3/c1-22-8-10-35(28-14-24(37)6-7-26(22)28)17-30-27(20-47-35)31(39-33(38-30)46-21-34-9-4-12-43(34)18-23(36)16-34)42-11-5-13-44-25(19-42)15-29(40-44)32(45)41(2)3/h6-7,14-15,22-23H,4-5,8-13,16-21,37H2,1-3H3/t22-,23-,34+,35-/m1/s1. The molecule has 1 aliphatic carbocycles. The van der Waals surface area contributed by atoms with Crippen LogP contribution in [0.15, 0.2) is 24.3 Å². The molecule has 8 rings (SSSR count). The van der Waals surface area contributed by atoms with Crippen LogP contribution in [0.25, 0.3) is 0 Å². The number of aromatic nitrogens is 4. The maximum atomic E-state index is 14.6. The lowest BCUT2D eigenvalue weighted by Gasteiger charge is -2.44. The predicted octanol–water partition coefficient (Wildman–Crippen LogP) is 4.19. The topological polar surface area (TPSA) is 115 Å². The molecule has 0 saturated carbocycles. The number of rotatable bonds is 5. The second-order valence-corrected chi connectivity index (χ2v) is 14.6. The molecule has 5 aliphatic rings. The minimum absolute atomic E-state index is 0.114. The van der Waals surface area contributed by atoms with E-state index in [1.165, 1.54) is 5.56 Å². The van der Waals surface area contributed by atoms with Crippen molar-refractivity contribution in [3.05, 3.63) is 58.0 Å². The molecular formula is C35H45FN8O3. The van der Waals surface area contributed by atoms with E-state index in [4.69, 9.17) is 25.2 Å². The Bertz CT molecular complexity index is 1710. The molecule has 1 amide bonds. The van der Waals surface area contributed by atoms with Gasteiger partial charge in [-0.3, -0.25) is 14.4 Å². The van der Waals surface area contributed by atoms with Gasteiger partial charge in [0.05, 0.1) is 35.7 Å². The Labute approximate surface area is 275 Å². The minimum atomic E-state index is -0.830. The fraction of sp³-hybridized carbons (Fsp3) is 0.600. The van der Waals surface area contributed by atoms with Crippen molar-refractivity contribution in [1.29, 1.82) is 0 Å². The number of carbonyl (C=O) groups is 1. The highest BCUT2D eigenvalue weighted by Gasteiger charge is 2.50. The zero-order valence-corrected chi connectivity index (χ0v) is 27.7. The lowest BCUT2D eigenvalue weighted by Crippen LogP contribution is -2.44. The summed E-state index contributed by atoms with van der Waals surface area (Å²) in [4.78, 5) is 29.0. The summed E-state index contributed by atoms with van der Waals surface area (Å²) in [7, 11) is 3.48. The third kappa shape index (κ3) is 5.24. The van der Waals surface area contributed by atoms with Gasteiger partial charge in [-0.1, -0.05) is 13.0 Å². The molecule has 2 aromatic heterocycles. The Morgan fingerprint density at radius 2 is 2.04 bits per heavy atom. The highest BCUT2D eigenvalue weighted by atomic mass is 19.1. The third-order valence-corrected chi connectivity index (χ3v) is 11.2. The summed E-state index contributed by atoms with van der Waals surface area (Å²) in [6.07, 6.45) is 4.95. The van der Waals surface area contributed by atoms with Crippen molar-refractivity contribution in [1.82, 2.24) is 29.5 Å². The van der Waals surface area contributed by atoms with Gasteiger partial charge in [-0.25, -0.2) is 4.39 Å². The van der Waals surface area contributed by atoms with Crippen molar-refractivity contribution < 1.29 is 18.7 Å². The molecule has 0 unspecified atom stereocenters. The Balaban J connectivity index is 1.17. The first kappa shape index (κ1) is 30.6. The number of ether oxygens (including phenoxy) is 2. The van der Waals surface area contributed by atoms with Gasteiger partial charge in [0.25, 0.3) is 5.91 Å². The van der Waals surface area contributed by atoms with Crippen LogP contribution in [-0.4, -0.2) is 87.5 Å². The molecule has 1 aromatic carbocycles. The Hall–Kier alpha value is -3.77. The van der Waals surface area contributed by atoms with Crippen molar-refractivity contribution in [3.8, 4) is 6.01 Å². The number of halogens is 1. The van der Waals surface area contributed by atoms with Crippen molar-refractivity contribution in [2.75, 3.05) is 51.0 Å². The van der Waals surface area contributed by atoms with Gasteiger partial charge in [0, 0.05) is 57.8 Å². The molecule has 0 bridgehead atoms. The van der Waals surface area contributed by atoms with Crippen LogP contribution < -0.4 is 15.4 Å². The average Bonchev–Trinajstić information content (AvgIpc) is 3.68. The number of nitrogens with two attached hydrogens (primary N) is 1. The number of fused-ring (bicyclic) bond motifs is 5. The van der Waals surface area contributed by atoms with Crippen LogP contribution in [0.3, 0.4) is 0 Å². The highest BCUT2D eigenvalue weighted by Crippen LogP contribution is 2.50. The number of hydrogen-bond acceptors (Lipinski definition) is 9. The zero-order valence-electron chi connectivity index (χ0n) is 27.7. The molecule has 6 heterocycles. The van der Waals surface area contributed by atoms with E-state index in [0.29, 0.717) is 63.3 Å². The molecular weight excluding hydrogens is 599 g/mol. The first-order valence-corrected chi connectivity index (χ1v) is 17.1. The number of nitrogens with zero attached hydrogens (tertiary/aromatic N) is 7. The monoisotopic (exact) mass is 644 g/mol. The summed E-state index contributed by atoms with van der Waals surface area (Å²) in [5.41, 5.74) is 12.0. The van der Waals surface area contributed by atoms with E-state index in [2.05, 4.69) is 34.0 Å². The molecule has 4 aliphatic heterocycles. The van der Waals surface area contributed by atoms with E-state index >= 15 is 0 Å². The molecule has 12 heteroatoms. The van der Waals surface area contributed by atoms with Crippen molar-refractivity contribution in [2.24, 2.45) is 0 Å². The predicted molar refractivity (Wildman–Crippen MR) is 175 cm³/mol. The number of nitrogen functional groups attached to an aromatic ring is 1. The van der Waals surface area contributed by atoms with Crippen LogP contribution in [0.2, 0.25) is 0 Å². The molecule has 2 fully saturated rings. The van der Waals surface area contributed by atoms with E-state index in [-0.39, 0.29) is 11.4 Å². The fourth-order valence-corrected chi connectivity index (χ4v) is 8.74. The molecule has 2 N–H and O–H groups in total. The van der Waals surface area contributed by atoms with Gasteiger partial charge in [0.15, 0.2) is 5.69 Å². The Morgan fingerprint density at radius 3 is 2.89 bits per heavy atom. The van der Waals surface area contributed by atoms with E-state index in [0.717, 1.165) is 79.2 Å². The van der Waals surface area contributed by atoms with Gasteiger partial charge in [-0.15, -0.1) is 0 Å². The highest BCUT2D eigenvalue weighted by molar-refractivity contribution is 5.92. The molecule has 47 heavy (non-hydrogen) atoms. The summed E-state index contributed by atoms with van der Waals surface area (Å²) in [5, 5.41) is 4.64. The molecule has 2 saturated heterocycles. The quantitative estimate of drug-likeness (QED) is 0.409. The van der Waals surface area contributed by atoms with Gasteiger partial charge in [0.2, 0.25) is 0 Å². The lowest BCUT2D eigenvalue weighted by atomic mass is 9.71. The van der Waals surface area contributed by atoms with Gasteiger partial charge >= 0.3 is 6.01 Å². The normalized spacial score (nSPS) is 28.4. The number of aryl methyl sites for hydroxylation is 1. The van der Waals surface area contributed by atoms with Crippen molar-refractivity contribution in [2.45, 2.75) is 94.8 Å². The largest absolute Gasteiger partial charge is 0.461 e. The first-order valence-electron chi connectivity index (χ1n) is 17.1. The number of benzene rings is 1. The second kappa shape index (κ2) is 11.4. The van der Waals surface area contributed by atoms with E-state index in [1.807, 2.05) is 16.8 Å². The van der Waals surface area contributed by atoms with Crippen LogP contribution in [0.4, 0.5) is 15.9 Å². The number of carbonyl (C=O) groups excluding carboxylic acids is 1. The second-order valence-electron chi connectivity index (χ2n) is 14.6. The molecule has 1 spiro atoms. The smallest absolute Gasteiger partial charge is 0.318 e. The maximum Gasteiger partial charge on any atom is 0.318 e. The molecule has 0 radical (unpaired) electrons. The molecule has 4 atom stereocenters. The molecule has 3 aromatic rings. The average molecular weight is 645 g/mol. The van der Waals surface area contributed by atoms with Crippen LogP contribution in [-0.2, 0) is 36.5 Å². The van der Waals surface area contributed by atoms with Crippen LogP contribution in [0.1, 0.15) is 89.9 Å². The summed E-state index contributed by atoms with van der Waals surface area (Å²) in [6, 6.07) is 8.44. The van der Waals surface area contributed by atoms with E-state index < -0.39 is 11.8 Å². The summed E-state index contributed by atoms with van der Waals surface area (Å²) in [6.45, 7) is 6.39. The molecule has 250 valence electrons. The Morgan fingerprint density at radius 1 is 1.17 bits per heavy atom. The van der Waals surface area contributed by atoms with Crippen LogP contribution in [0.5, 0.6) is 6.01 Å². The van der Waals surface area contributed by atoms with Crippen LogP contribution >= 0.6 is 0 Å². The third-order valence-electron chi connectivity index (χ3n) is 11.2. The maximum absolute atomic E-state index is 14.6. The van der Waals surface area contributed by atoms with Gasteiger partial charge < -0.3 is 25.0 Å². The summed E-state index contributed by atoms with van der Waals surface area (Å²) >= 11 is 0. The van der Waals surface area contributed by atoms with Gasteiger partial charge in [-0.05, 0) is 73.9 Å². The van der Waals surface area contributed by atoms with E-state index in [9.17, 15) is 9.18 Å². The number of anilines is 2. The number of amides is 1. The molecule has 11 nitrogen and oxygen atoms in total. The van der Waals surface area contributed by atoms with Crippen molar-refractivity contribution in [3.63, 3.8) is 0 Å². The van der Waals surface area contributed by atoms with Gasteiger partial charge in [-0.2, -0.15) is 15.1 Å². The van der Waals surface area contributed by atoms with Crippen molar-refractivity contribution >= 4 is 17.4 Å². The summed E-state index contributed by atoms with van der Waals surface area (Å²) < 4.78 is 29.9. The van der Waals surface area contributed by atoms with Gasteiger partial charge in [0.1, 0.15) is 18.6 Å². The SMILES string of the molecule is C[C@@H]1CC[C@@]2(Cc3nc(OC[C@@]45CCCN4C[C@H](F)C5)nc(N4CCCn5nc(C(=O)N(C)C)cc5C4)c3CO2)c2cc(N)ccc21. The summed E-state index contributed by atoms with van der Waals surface area (Å²) in [5.74, 6) is 1.10. The lowest BCUT2D eigenvalue weighted by molar-refractivity contribution is -0.0871. The minimum Gasteiger partial charge on any atom is -0.461 e. The van der Waals surface area contributed by atoms with Crippen LogP contribution in [0, 0.1) is 0 Å². The first-order chi connectivity index (χ1) is 22.6. The fourth-order valence-electron chi connectivity index (χ4n) is 8.74.